The highest BCUT2D eigenvalue weighted by molar-refractivity contribution is 7.89. The van der Waals surface area contributed by atoms with Gasteiger partial charge in [-0.15, -0.1) is 0 Å². The van der Waals surface area contributed by atoms with Crippen molar-refractivity contribution in [1.82, 2.24) is 9.21 Å². The van der Waals surface area contributed by atoms with Crippen molar-refractivity contribution < 1.29 is 17.9 Å². The Kier molecular flexibility index (Phi) is 4.35. The van der Waals surface area contributed by atoms with Gasteiger partial charge in [0.05, 0.1) is 23.1 Å². The molecule has 0 aliphatic carbocycles. The van der Waals surface area contributed by atoms with Gasteiger partial charge in [0.25, 0.3) is 0 Å². The van der Waals surface area contributed by atoms with Crippen molar-refractivity contribution in [2.45, 2.75) is 17.4 Å². The summed E-state index contributed by atoms with van der Waals surface area (Å²) in [6, 6.07) is 7.63. The molecule has 8 heteroatoms. The third-order valence-corrected chi connectivity index (χ3v) is 6.16. The molecule has 3 rings (SSSR count). The lowest BCUT2D eigenvalue weighted by molar-refractivity contribution is -0.142. The van der Waals surface area contributed by atoms with E-state index in [0.717, 1.165) is 0 Å². The van der Waals surface area contributed by atoms with E-state index in [1.165, 1.54) is 28.6 Å². The first-order chi connectivity index (χ1) is 11.0. The van der Waals surface area contributed by atoms with Gasteiger partial charge in [-0.1, -0.05) is 0 Å². The lowest BCUT2D eigenvalue weighted by Crippen LogP contribution is -2.52. The molecule has 2 saturated heterocycles. The van der Waals surface area contributed by atoms with Crippen LogP contribution in [0.1, 0.15) is 12.0 Å². The monoisotopic (exact) mass is 335 g/mol. The summed E-state index contributed by atoms with van der Waals surface area (Å²) in [4.78, 5) is 13.8. The SMILES string of the molecule is N#Cc1ccc(S(=O)(=O)N2CCN(C3CCOC3=O)CC2)cc1. The van der Waals surface area contributed by atoms with E-state index in [9.17, 15) is 13.2 Å². The molecule has 122 valence electrons. The van der Waals surface area contributed by atoms with Crippen molar-refractivity contribution in [3.63, 3.8) is 0 Å². The zero-order chi connectivity index (χ0) is 16.4. The molecular formula is C15H17N3O4S. The zero-order valence-corrected chi connectivity index (χ0v) is 13.3. The molecule has 2 aliphatic heterocycles. The molecule has 1 atom stereocenters. The van der Waals surface area contributed by atoms with E-state index in [-0.39, 0.29) is 16.9 Å². The molecule has 0 aromatic heterocycles. The molecule has 2 heterocycles. The van der Waals surface area contributed by atoms with E-state index in [2.05, 4.69) is 0 Å². The number of esters is 1. The number of piperazine rings is 1. The minimum Gasteiger partial charge on any atom is -0.464 e. The fourth-order valence-electron chi connectivity index (χ4n) is 2.92. The third-order valence-electron chi connectivity index (χ3n) is 4.24. The first-order valence-corrected chi connectivity index (χ1v) is 8.87. The second-order valence-electron chi connectivity index (χ2n) is 5.55. The van der Waals surface area contributed by atoms with Gasteiger partial charge in [-0.3, -0.25) is 9.69 Å². The molecule has 0 bridgehead atoms. The van der Waals surface area contributed by atoms with Crippen molar-refractivity contribution in [3.05, 3.63) is 29.8 Å². The first-order valence-electron chi connectivity index (χ1n) is 7.43. The van der Waals surface area contributed by atoms with Gasteiger partial charge in [-0.2, -0.15) is 9.57 Å². The zero-order valence-electron chi connectivity index (χ0n) is 12.5. The van der Waals surface area contributed by atoms with Crippen molar-refractivity contribution >= 4 is 16.0 Å². The fourth-order valence-corrected chi connectivity index (χ4v) is 4.35. The van der Waals surface area contributed by atoms with Crippen LogP contribution < -0.4 is 0 Å². The molecule has 1 aromatic carbocycles. The average molecular weight is 335 g/mol. The van der Waals surface area contributed by atoms with Crippen LogP contribution in [0.4, 0.5) is 0 Å². The Morgan fingerprint density at radius 2 is 1.78 bits per heavy atom. The van der Waals surface area contributed by atoms with Gasteiger partial charge in [-0.25, -0.2) is 8.42 Å². The summed E-state index contributed by atoms with van der Waals surface area (Å²) in [5.74, 6) is -0.214. The summed E-state index contributed by atoms with van der Waals surface area (Å²) < 4.78 is 31.6. The van der Waals surface area contributed by atoms with Gasteiger partial charge in [0.2, 0.25) is 10.0 Å². The largest absolute Gasteiger partial charge is 0.464 e. The number of nitrogens with zero attached hydrogens (tertiary/aromatic N) is 3. The van der Waals surface area contributed by atoms with E-state index in [4.69, 9.17) is 10.00 Å². The van der Waals surface area contributed by atoms with Crippen molar-refractivity contribution in [2.24, 2.45) is 0 Å². The molecule has 23 heavy (non-hydrogen) atoms. The number of hydrogen-bond donors (Lipinski definition) is 0. The molecule has 0 radical (unpaired) electrons. The number of rotatable bonds is 3. The van der Waals surface area contributed by atoms with Crippen molar-refractivity contribution in [3.8, 4) is 6.07 Å². The molecule has 7 nitrogen and oxygen atoms in total. The number of carbonyl (C=O) groups is 1. The summed E-state index contributed by atoms with van der Waals surface area (Å²) in [7, 11) is -3.57. The molecule has 0 N–H and O–H groups in total. The smallest absolute Gasteiger partial charge is 0.323 e. The van der Waals surface area contributed by atoms with Crippen LogP contribution in [-0.4, -0.2) is 62.4 Å². The van der Waals surface area contributed by atoms with Crippen LogP contribution in [0.2, 0.25) is 0 Å². The number of sulfonamides is 1. The number of cyclic esters (lactones) is 1. The summed E-state index contributed by atoms with van der Waals surface area (Å²) >= 11 is 0. The molecule has 2 aliphatic rings. The fraction of sp³-hybridized carbons (Fsp3) is 0.467. The summed E-state index contributed by atoms with van der Waals surface area (Å²) in [5.41, 5.74) is 0.425. The predicted molar refractivity (Wildman–Crippen MR) is 80.9 cm³/mol. The van der Waals surface area contributed by atoms with E-state index in [1.54, 1.807) is 0 Å². The number of hydrogen-bond acceptors (Lipinski definition) is 6. The van der Waals surface area contributed by atoms with Gasteiger partial charge in [0.1, 0.15) is 6.04 Å². The van der Waals surface area contributed by atoms with Crippen molar-refractivity contribution in [1.29, 1.82) is 5.26 Å². The number of benzene rings is 1. The minimum absolute atomic E-state index is 0.185. The molecular weight excluding hydrogens is 318 g/mol. The Labute approximate surface area is 135 Å². The predicted octanol–water partition coefficient (Wildman–Crippen LogP) is 0.180. The second-order valence-corrected chi connectivity index (χ2v) is 7.49. The molecule has 0 saturated carbocycles. The molecule has 1 unspecified atom stereocenters. The van der Waals surface area contributed by atoms with Crippen LogP contribution in [0.5, 0.6) is 0 Å². The van der Waals surface area contributed by atoms with Gasteiger partial charge in [-0.05, 0) is 24.3 Å². The Balaban J connectivity index is 1.68. The highest BCUT2D eigenvalue weighted by atomic mass is 32.2. The number of nitriles is 1. The standard InChI is InChI=1S/C15H17N3O4S/c16-11-12-1-3-13(4-2-12)23(20,21)18-8-6-17(7-9-18)14-5-10-22-15(14)19/h1-4,14H,5-10H2. The Bertz CT molecular complexity index is 731. The van der Waals surface area contributed by atoms with E-state index in [1.807, 2.05) is 11.0 Å². The summed E-state index contributed by atoms with van der Waals surface area (Å²) in [5, 5.41) is 8.78. The molecule has 1 aromatic rings. The highest BCUT2D eigenvalue weighted by Crippen LogP contribution is 2.21. The van der Waals surface area contributed by atoms with E-state index in [0.29, 0.717) is 44.8 Å². The Morgan fingerprint density at radius 3 is 2.30 bits per heavy atom. The highest BCUT2D eigenvalue weighted by Gasteiger charge is 2.36. The Hall–Kier alpha value is -1.95. The van der Waals surface area contributed by atoms with Crippen LogP contribution in [-0.2, 0) is 19.6 Å². The van der Waals surface area contributed by atoms with E-state index >= 15 is 0 Å². The van der Waals surface area contributed by atoms with Gasteiger partial charge in [0, 0.05) is 32.6 Å². The topological polar surface area (TPSA) is 90.7 Å². The van der Waals surface area contributed by atoms with Crippen molar-refractivity contribution in [2.75, 3.05) is 32.8 Å². The van der Waals surface area contributed by atoms with Gasteiger partial charge < -0.3 is 4.74 Å². The average Bonchev–Trinajstić information content (AvgIpc) is 3.01. The number of carbonyl (C=O) groups excluding carboxylic acids is 1. The molecule has 2 fully saturated rings. The Morgan fingerprint density at radius 1 is 1.13 bits per heavy atom. The lowest BCUT2D eigenvalue weighted by atomic mass is 10.2. The normalized spacial score (nSPS) is 23.4. The van der Waals surface area contributed by atoms with Crippen LogP contribution in [0, 0.1) is 11.3 Å². The van der Waals surface area contributed by atoms with Gasteiger partial charge >= 0.3 is 5.97 Å². The lowest BCUT2D eigenvalue weighted by Gasteiger charge is -2.35. The first kappa shape index (κ1) is 15.9. The van der Waals surface area contributed by atoms with Crippen LogP contribution in [0.15, 0.2) is 29.2 Å². The van der Waals surface area contributed by atoms with Gasteiger partial charge in [0.15, 0.2) is 0 Å². The maximum Gasteiger partial charge on any atom is 0.323 e. The maximum atomic E-state index is 12.6. The number of ether oxygens (including phenoxy) is 1. The maximum absolute atomic E-state index is 12.6. The van der Waals surface area contributed by atoms with E-state index < -0.39 is 10.0 Å². The molecule has 0 spiro atoms. The summed E-state index contributed by atoms with van der Waals surface area (Å²) in [6.07, 6.45) is 0.668. The quantitative estimate of drug-likeness (QED) is 0.732. The third kappa shape index (κ3) is 3.08. The second kappa shape index (κ2) is 6.28. The van der Waals surface area contributed by atoms with Crippen LogP contribution in [0.25, 0.3) is 0 Å². The summed E-state index contributed by atoms with van der Waals surface area (Å²) in [6.45, 7) is 2.13. The van der Waals surface area contributed by atoms with Crippen LogP contribution in [0.3, 0.4) is 0 Å². The minimum atomic E-state index is -3.57. The van der Waals surface area contributed by atoms with Crippen LogP contribution >= 0.6 is 0 Å². The molecule has 0 amide bonds.